The summed E-state index contributed by atoms with van der Waals surface area (Å²) in [4.78, 5) is 0. The summed E-state index contributed by atoms with van der Waals surface area (Å²) < 4.78 is 10.3. The van der Waals surface area contributed by atoms with Crippen LogP contribution in [0.4, 0.5) is 0 Å². The first-order valence-corrected chi connectivity index (χ1v) is 5.11. The van der Waals surface area contributed by atoms with Crippen LogP contribution in [0, 0.1) is 0 Å². The molecular formula is C12H18O3. The molecule has 15 heavy (non-hydrogen) atoms. The van der Waals surface area contributed by atoms with E-state index in [-0.39, 0.29) is 0 Å². The van der Waals surface area contributed by atoms with E-state index in [0.29, 0.717) is 6.61 Å². The van der Waals surface area contributed by atoms with E-state index < -0.39 is 6.10 Å². The molecule has 1 aromatic rings. The number of hydrogen-bond acceptors (Lipinski definition) is 3. The van der Waals surface area contributed by atoms with Crippen molar-refractivity contribution in [2.45, 2.75) is 19.4 Å². The van der Waals surface area contributed by atoms with Crippen molar-refractivity contribution in [2.24, 2.45) is 0 Å². The molecule has 0 amide bonds. The second kappa shape index (κ2) is 6.43. The quantitative estimate of drug-likeness (QED) is 0.775. The number of aliphatic hydroxyl groups excluding tert-OH is 1. The van der Waals surface area contributed by atoms with Crippen molar-refractivity contribution >= 4 is 0 Å². The number of rotatable bonds is 6. The van der Waals surface area contributed by atoms with Gasteiger partial charge in [0.15, 0.2) is 0 Å². The zero-order chi connectivity index (χ0) is 11.1. The van der Waals surface area contributed by atoms with Crippen molar-refractivity contribution in [1.29, 1.82) is 0 Å². The molecule has 0 spiro atoms. The Morgan fingerprint density at radius 1 is 1.27 bits per heavy atom. The molecule has 0 aliphatic carbocycles. The normalized spacial score (nSPS) is 12.5. The fraction of sp³-hybridized carbons (Fsp3) is 0.500. The summed E-state index contributed by atoms with van der Waals surface area (Å²) in [6, 6.07) is 7.84. The van der Waals surface area contributed by atoms with Crippen LogP contribution in [0.5, 0.6) is 5.75 Å². The maximum Gasteiger partial charge on any atom is 0.119 e. The van der Waals surface area contributed by atoms with Crippen molar-refractivity contribution in [2.75, 3.05) is 20.3 Å². The minimum absolute atomic E-state index is 0.331. The maximum atomic E-state index is 9.04. The van der Waals surface area contributed by atoms with Gasteiger partial charge in [0.25, 0.3) is 0 Å². The molecule has 1 N–H and O–H groups in total. The first kappa shape index (κ1) is 12.0. The lowest BCUT2D eigenvalue weighted by molar-refractivity contribution is 0.122. The molecule has 0 unspecified atom stereocenters. The van der Waals surface area contributed by atoms with Gasteiger partial charge in [-0.15, -0.1) is 0 Å². The molecule has 0 radical (unpaired) electrons. The van der Waals surface area contributed by atoms with Gasteiger partial charge in [0.05, 0.1) is 12.7 Å². The summed E-state index contributed by atoms with van der Waals surface area (Å²) in [5, 5.41) is 9.04. The largest absolute Gasteiger partial charge is 0.491 e. The highest BCUT2D eigenvalue weighted by Crippen LogP contribution is 2.12. The molecule has 0 aliphatic heterocycles. The summed E-state index contributed by atoms with van der Waals surface area (Å²) in [5.74, 6) is 0.789. The van der Waals surface area contributed by atoms with Crippen LogP contribution in [0.15, 0.2) is 24.3 Å². The van der Waals surface area contributed by atoms with Crippen LogP contribution in [0.3, 0.4) is 0 Å². The second-order valence-corrected chi connectivity index (χ2v) is 3.55. The Morgan fingerprint density at radius 2 is 1.93 bits per heavy atom. The van der Waals surface area contributed by atoms with Crippen LogP contribution in [0.2, 0.25) is 0 Å². The van der Waals surface area contributed by atoms with E-state index in [2.05, 4.69) is 0 Å². The lowest BCUT2D eigenvalue weighted by Crippen LogP contribution is -2.12. The van der Waals surface area contributed by atoms with Crippen LogP contribution in [-0.4, -0.2) is 31.5 Å². The zero-order valence-corrected chi connectivity index (χ0v) is 9.27. The van der Waals surface area contributed by atoms with Crippen LogP contribution < -0.4 is 4.74 Å². The Morgan fingerprint density at radius 3 is 2.47 bits per heavy atom. The third-order valence-corrected chi connectivity index (χ3v) is 2.01. The van der Waals surface area contributed by atoms with E-state index in [0.717, 1.165) is 18.8 Å². The van der Waals surface area contributed by atoms with E-state index in [4.69, 9.17) is 14.6 Å². The molecule has 1 aromatic carbocycles. The van der Waals surface area contributed by atoms with Crippen molar-refractivity contribution in [3.8, 4) is 5.75 Å². The number of methoxy groups -OCH3 is 1. The topological polar surface area (TPSA) is 38.7 Å². The Hall–Kier alpha value is -1.06. The first-order valence-electron chi connectivity index (χ1n) is 5.11. The van der Waals surface area contributed by atoms with Crippen molar-refractivity contribution < 1.29 is 14.6 Å². The molecule has 0 aromatic heterocycles. The number of ether oxygens (including phenoxy) is 2. The van der Waals surface area contributed by atoms with Gasteiger partial charge in [-0.1, -0.05) is 12.1 Å². The molecule has 0 fully saturated rings. The third-order valence-electron chi connectivity index (χ3n) is 2.01. The summed E-state index contributed by atoms with van der Waals surface area (Å²) in [5.41, 5.74) is 1.22. The predicted octanol–water partition coefficient (Wildman–Crippen LogP) is 1.64. The lowest BCUT2D eigenvalue weighted by Gasteiger charge is -2.08. The first-order chi connectivity index (χ1) is 7.22. The predicted molar refractivity (Wildman–Crippen MR) is 59.2 cm³/mol. The van der Waals surface area contributed by atoms with Crippen molar-refractivity contribution in [1.82, 2.24) is 0 Å². The Labute approximate surface area is 90.6 Å². The standard InChI is InChI=1S/C12H18O3/c1-10(13)9-15-12-5-3-11(4-6-12)7-8-14-2/h3-6,10,13H,7-9H2,1-2H3/t10-/m1/s1. The lowest BCUT2D eigenvalue weighted by atomic mass is 10.1. The molecule has 1 rings (SSSR count). The van der Waals surface area contributed by atoms with Gasteiger partial charge < -0.3 is 14.6 Å². The second-order valence-electron chi connectivity index (χ2n) is 3.55. The highest BCUT2D eigenvalue weighted by molar-refractivity contribution is 5.27. The minimum atomic E-state index is -0.432. The zero-order valence-electron chi connectivity index (χ0n) is 9.27. The highest BCUT2D eigenvalue weighted by Gasteiger charge is 1.98. The molecule has 0 saturated heterocycles. The van der Waals surface area contributed by atoms with Crippen LogP contribution in [0.25, 0.3) is 0 Å². The van der Waals surface area contributed by atoms with Gasteiger partial charge >= 0.3 is 0 Å². The molecule has 0 saturated carbocycles. The summed E-state index contributed by atoms with van der Waals surface area (Å²) >= 11 is 0. The minimum Gasteiger partial charge on any atom is -0.491 e. The SMILES string of the molecule is COCCc1ccc(OC[C@@H](C)O)cc1. The van der Waals surface area contributed by atoms with E-state index in [1.165, 1.54) is 5.56 Å². The van der Waals surface area contributed by atoms with E-state index in [9.17, 15) is 0 Å². The molecular weight excluding hydrogens is 192 g/mol. The smallest absolute Gasteiger partial charge is 0.119 e. The van der Waals surface area contributed by atoms with Crippen LogP contribution in [0.1, 0.15) is 12.5 Å². The molecule has 1 atom stereocenters. The van der Waals surface area contributed by atoms with Gasteiger partial charge in [-0.05, 0) is 31.0 Å². The van der Waals surface area contributed by atoms with Gasteiger partial charge in [0, 0.05) is 7.11 Å². The van der Waals surface area contributed by atoms with Crippen LogP contribution >= 0.6 is 0 Å². The van der Waals surface area contributed by atoms with Gasteiger partial charge in [-0.25, -0.2) is 0 Å². The fourth-order valence-corrected chi connectivity index (χ4v) is 1.19. The summed E-state index contributed by atoms with van der Waals surface area (Å²) in [7, 11) is 1.69. The molecule has 0 heterocycles. The average molecular weight is 210 g/mol. The Balaban J connectivity index is 2.41. The maximum absolute atomic E-state index is 9.04. The van der Waals surface area contributed by atoms with E-state index >= 15 is 0 Å². The summed E-state index contributed by atoms with van der Waals surface area (Å²) in [6.07, 6.45) is 0.478. The third kappa shape index (κ3) is 4.81. The van der Waals surface area contributed by atoms with Gasteiger partial charge in [-0.2, -0.15) is 0 Å². The van der Waals surface area contributed by atoms with E-state index in [1.54, 1.807) is 14.0 Å². The molecule has 0 bridgehead atoms. The van der Waals surface area contributed by atoms with Crippen LogP contribution in [-0.2, 0) is 11.2 Å². The Kier molecular flexibility index (Phi) is 5.15. The van der Waals surface area contributed by atoms with E-state index in [1.807, 2.05) is 24.3 Å². The number of aliphatic hydroxyl groups is 1. The monoisotopic (exact) mass is 210 g/mol. The fourth-order valence-electron chi connectivity index (χ4n) is 1.19. The highest BCUT2D eigenvalue weighted by atomic mass is 16.5. The molecule has 84 valence electrons. The summed E-state index contributed by atoms with van der Waals surface area (Å²) in [6.45, 7) is 2.76. The van der Waals surface area contributed by atoms with Gasteiger partial charge in [0.1, 0.15) is 12.4 Å². The van der Waals surface area contributed by atoms with Crippen molar-refractivity contribution in [3.05, 3.63) is 29.8 Å². The number of hydrogen-bond donors (Lipinski definition) is 1. The van der Waals surface area contributed by atoms with Gasteiger partial charge in [-0.3, -0.25) is 0 Å². The molecule has 3 nitrogen and oxygen atoms in total. The van der Waals surface area contributed by atoms with Crippen molar-refractivity contribution in [3.63, 3.8) is 0 Å². The van der Waals surface area contributed by atoms with Gasteiger partial charge in [0.2, 0.25) is 0 Å². The molecule has 3 heteroatoms. The molecule has 0 aliphatic rings. The average Bonchev–Trinajstić information content (AvgIpc) is 2.25. The Bertz CT molecular complexity index is 267. The number of benzene rings is 1.